The van der Waals surface area contributed by atoms with Crippen LogP contribution in [-0.4, -0.2) is 15.7 Å². The Morgan fingerprint density at radius 1 is 1.24 bits per heavy atom. The number of rotatable bonds is 3. The van der Waals surface area contributed by atoms with Crippen molar-refractivity contribution >= 4 is 0 Å². The maximum absolute atomic E-state index is 6.04. The van der Waals surface area contributed by atoms with Gasteiger partial charge in [0.2, 0.25) is 0 Å². The van der Waals surface area contributed by atoms with Crippen LogP contribution >= 0.6 is 0 Å². The normalized spacial score (nSPS) is 15.0. The maximum atomic E-state index is 6.04. The van der Waals surface area contributed by atoms with E-state index < -0.39 is 0 Å². The second-order valence-electron chi connectivity index (χ2n) is 6.29. The predicted molar refractivity (Wildman–Crippen MR) is 65.2 cm³/mol. The summed E-state index contributed by atoms with van der Waals surface area (Å²) in [5.41, 5.74) is 5.73. The zero-order valence-electron chi connectivity index (χ0n) is 11.6. The van der Waals surface area contributed by atoms with E-state index in [1.54, 1.807) is 0 Å². The van der Waals surface area contributed by atoms with Gasteiger partial charge >= 0.3 is 0 Å². The van der Waals surface area contributed by atoms with Crippen LogP contribution < -0.4 is 5.73 Å². The number of ether oxygens (including phenoxy) is 1. The van der Waals surface area contributed by atoms with E-state index in [2.05, 4.69) is 10.1 Å². The third kappa shape index (κ3) is 4.44. The molecule has 0 fully saturated rings. The van der Waals surface area contributed by atoms with Crippen LogP contribution in [0.2, 0.25) is 0 Å². The Morgan fingerprint density at radius 3 is 2.29 bits per heavy atom. The number of aromatic nitrogens is 2. The minimum atomic E-state index is -0.241. The first-order chi connectivity index (χ1) is 7.59. The molecule has 2 N–H and O–H groups in total. The van der Waals surface area contributed by atoms with Crippen LogP contribution in [0.3, 0.4) is 0 Å². The number of hydrogen-bond acceptors (Lipinski definition) is 5. The molecule has 5 heteroatoms. The molecule has 0 spiro atoms. The lowest BCUT2D eigenvalue weighted by Gasteiger charge is -2.23. The minimum absolute atomic E-state index is 0.0912. The van der Waals surface area contributed by atoms with Gasteiger partial charge in [-0.25, -0.2) is 0 Å². The average Bonchev–Trinajstić information content (AvgIpc) is 2.59. The van der Waals surface area contributed by atoms with Crippen LogP contribution in [-0.2, 0) is 11.3 Å². The summed E-state index contributed by atoms with van der Waals surface area (Å²) in [5, 5.41) is 3.89. The van der Waals surface area contributed by atoms with Crippen molar-refractivity contribution in [1.29, 1.82) is 0 Å². The van der Waals surface area contributed by atoms with Gasteiger partial charge in [0, 0.05) is 0 Å². The summed E-state index contributed by atoms with van der Waals surface area (Å²) in [6.07, 6.45) is 0. The van der Waals surface area contributed by atoms with E-state index in [9.17, 15) is 0 Å². The van der Waals surface area contributed by atoms with Crippen molar-refractivity contribution in [3.8, 4) is 0 Å². The van der Waals surface area contributed by atoms with E-state index in [4.69, 9.17) is 15.0 Å². The van der Waals surface area contributed by atoms with Crippen molar-refractivity contribution in [1.82, 2.24) is 10.1 Å². The van der Waals surface area contributed by atoms with Gasteiger partial charge in [-0.1, -0.05) is 25.9 Å². The summed E-state index contributed by atoms with van der Waals surface area (Å²) in [6, 6.07) is -0.241. The number of nitrogens with two attached hydrogens (primary N) is 1. The third-order valence-electron chi connectivity index (χ3n) is 2.32. The van der Waals surface area contributed by atoms with Crippen LogP contribution in [0.25, 0.3) is 0 Å². The van der Waals surface area contributed by atoms with Crippen molar-refractivity contribution in [2.75, 3.05) is 0 Å². The lowest BCUT2D eigenvalue weighted by atomic mass is 9.87. The molecule has 0 aliphatic carbocycles. The molecule has 0 saturated carbocycles. The van der Waals surface area contributed by atoms with E-state index in [0.717, 1.165) is 0 Å². The highest BCUT2D eigenvalue weighted by Gasteiger charge is 2.27. The standard InChI is InChI=1S/C12H23N3O2/c1-11(2,3)9(13)10-14-8(17-15-10)7-16-12(4,5)6/h9H,7,13H2,1-6H3. The van der Waals surface area contributed by atoms with Gasteiger partial charge in [-0.15, -0.1) is 0 Å². The smallest absolute Gasteiger partial charge is 0.252 e. The lowest BCUT2D eigenvalue weighted by molar-refractivity contribution is -0.0260. The zero-order valence-corrected chi connectivity index (χ0v) is 11.6. The number of hydrogen-bond donors (Lipinski definition) is 1. The van der Waals surface area contributed by atoms with Crippen LogP contribution in [0.15, 0.2) is 4.52 Å². The van der Waals surface area contributed by atoms with E-state index in [1.807, 2.05) is 41.5 Å². The van der Waals surface area contributed by atoms with Gasteiger partial charge in [-0.3, -0.25) is 0 Å². The topological polar surface area (TPSA) is 74.2 Å². The van der Waals surface area contributed by atoms with Crippen molar-refractivity contribution < 1.29 is 9.26 Å². The molecule has 0 aromatic carbocycles. The van der Waals surface area contributed by atoms with Gasteiger partial charge in [0.15, 0.2) is 5.82 Å². The first-order valence-electron chi connectivity index (χ1n) is 5.81. The fourth-order valence-electron chi connectivity index (χ4n) is 1.12. The highest BCUT2D eigenvalue weighted by molar-refractivity contribution is 4.97. The molecular formula is C12H23N3O2. The van der Waals surface area contributed by atoms with Crippen LogP contribution in [0.1, 0.15) is 59.3 Å². The Morgan fingerprint density at radius 2 is 1.82 bits per heavy atom. The molecule has 0 radical (unpaired) electrons. The summed E-state index contributed by atoms with van der Waals surface area (Å²) in [6.45, 7) is 12.4. The largest absolute Gasteiger partial charge is 0.366 e. The Hall–Kier alpha value is -0.940. The number of nitrogens with zero attached hydrogens (tertiary/aromatic N) is 2. The molecular weight excluding hydrogens is 218 g/mol. The van der Waals surface area contributed by atoms with Crippen molar-refractivity contribution in [2.24, 2.45) is 11.1 Å². The molecule has 0 aliphatic rings. The molecule has 0 saturated heterocycles. The highest BCUT2D eigenvalue weighted by atomic mass is 16.5. The van der Waals surface area contributed by atoms with Crippen LogP contribution in [0.5, 0.6) is 0 Å². The summed E-state index contributed by atoms with van der Waals surface area (Å²) in [5.74, 6) is 1.000. The van der Waals surface area contributed by atoms with Gasteiger partial charge in [-0.2, -0.15) is 4.98 Å². The zero-order chi connectivity index (χ0) is 13.3. The van der Waals surface area contributed by atoms with E-state index in [0.29, 0.717) is 18.3 Å². The average molecular weight is 241 g/mol. The molecule has 0 amide bonds. The summed E-state index contributed by atoms with van der Waals surface area (Å²) < 4.78 is 10.7. The molecule has 1 rings (SSSR count). The van der Waals surface area contributed by atoms with E-state index >= 15 is 0 Å². The van der Waals surface area contributed by atoms with Crippen molar-refractivity contribution in [2.45, 2.75) is 59.8 Å². The predicted octanol–water partition coefficient (Wildman–Crippen LogP) is 2.43. The highest BCUT2D eigenvalue weighted by Crippen LogP contribution is 2.28. The first kappa shape index (κ1) is 14.1. The molecule has 1 aromatic heterocycles. The van der Waals surface area contributed by atoms with Gasteiger partial charge in [-0.05, 0) is 26.2 Å². The second kappa shape index (κ2) is 4.74. The molecule has 17 heavy (non-hydrogen) atoms. The molecule has 98 valence electrons. The molecule has 1 aromatic rings. The summed E-state index contributed by atoms with van der Waals surface area (Å²) >= 11 is 0. The maximum Gasteiger partial charge on any atom is 0.252 e. The first-order valence-corrected chi connectivity index (χ1v) is 5.81. The van der Waals surface area contributed by atoms with Gasteiger partial charge < -0.3 is 15.0 Å². The lowest BCUT2D eigenvalue weighted by Crippen LogP contribution is -2.27. The third-order valence-corrected chi connectivity index (χ3v) is 2.32. The Labute approximate surface area is 103 Å². The van der Waals surface area contributed by atoms with Crippen LogP contribution in [0.4, 0.5) is 0 Å². The summed E-state index contributed by atoms with van der Waals surface area (Å²) in [7, 11) is 0. The Kier molecular flexibility index (Phi) is 3.94. The SMILES string of the molecule is CC(C)(C)OCc1nc(C(N)C(C)(C)C)no1. The monoisotopic (exact) mass is 241 g/mol. The molecule has 1 unspecified atom stereocenters. The molecule has 0 aliphatic heterocycles. The van der Waals surface area contributed by atoms with Gasteiger partial charge in [0.25, 0.3) is 5.89 Å². The Bertz CT molecular complexity index is 361. The quantitative estimate of drug-likeness (QED) is 0.879. The molecule has 0 bridgehead atoms. The fraction of sp³-hybridized carbons (Fsp3) is 0.833. The Balaban J connectivity index is 2.66. The second-order valence-corrected chi connectivity index (χ2v) is 6.29. The summed E-state index contributed by atoms with van der Waals surface area (Å²) in [4.78, 5) is 4.25. The van der Waals surface area contributed by atoms with Crippen molar-refractivity contribution in [3.63, 3.8) is 0 Å². The molecule has 1 atom stereocenters. The van der Waals surface area contributed by atoms with E-state index in [1.165, 1.54) is 0 Å². The van der Waals surface area contributed by atoms with E-state index in [-0.39, 0.29) is 17.1 Å². The van der Waals surface area contributed by atoms with Crippen LogP contribution in [0, 0.1) is 5.41 Å². The molecule has 1 heterocycles. The fourth-order valence-corrected chi connectivity index (χ4v) is 1.12. The van der Waals surface area contributed by atoms with Gasteiger partial charge in [0.05, 0.1) is 11.6 Å². The van der Waals surface area contributed by atoms with Crippen molar-refractivity contribution in [3.05, 3.63) is 11.7 Å². The minimum Gasteiger partial charge on any atom is -0.366 e. The van der Waals surface area contributed by atoms with Gasteiger partial charge in [0.1, 0.15) is 6.61 Å². The molecule has 5 nitrogen and oxygen atoms in total.